The molecule has 1 heterocycles. The van der Waals surface area contributed by atoms with Crippen LogP contribution in [0.15, 0.2) is 48.5 Å². The number of para-hydroxylation sites is 1. The van der Waals surface area contributed by atoms with Crippen molar-refractivity contribution in [1.82, 2.24) is 4.90 Å². The number of aromatic hydroxyl groups is 1. The SMILES string of the molecule is CN1CC[C@@H](OC(=O)N(C)c2ccccc2-c2cccc(O)c2)C1. The third kappa shape index (κ3) is 3.51. The molecule has 0 radical (unpaired) electrons. The maximum atomic E-state index is 12.5. The van der Waals surface area contributed by atoms with Gasteiger partial charge in [0.2, 0.25) is 0 Å². The van der Waals surface area contributed by atoms with Gasteiger partial charge in [0, 0.05) is 25.7 Å². The van der Waals surface area contributed by atoms with Crippen LogP contribution in [0.3, 0.4) is 0 Å². The maximum Gasteiger partial charge on any atom is 0.414 e. The first-order valence-corrected chi connectivity index (χ1v) is 8.06. The molecule has 0 unspecified atom stereocenters. The molecule has 3 rings (SSSR count). The first-order chi connectivity index (χ1) is 11.5. The summed E-state index contributed by atoms with van der Waals surface area (Å²) in [7, 11) is 3.73. The third-order valence-electron chi connectivity index (χ3n) is 4.31. The largest absolute Gasteiger partial charge is 0.508 e. The van der Waals surface area contributed by atoms with Gasteiger partial charge < -0.3 is 14.7 Å². The van der Waals surface area contributed by atoms with Gasteiger partial charge in [-0.2, -0.15) is 0 Å². The lowest BCUT2D eigenvalue weighted by atomic mass is 10.0. The molecule has 126 valence electrons. The minimum Gasteiger partial charge on any atom is -0.508 e. The molecule has 0 aliphatic carbocycles. The van der Waals surface area contributed by atoms with Crippen molar-refractivity contribution in [2.75, 3.05) is 32.1 Å². The molecular formula is C19H22N2O3. The van der Waals surface area contributed by atoms with Gasteiger partial charge in [-0.15, -0.1) is 0 Å². The Labute approximate surface area is 142 Å². The molecule has 0 spiro atoms. The predicted octanol–water partition coefficient (Wildman–Crippen LogP) is 3.34. The normalized spacial score (nSPS) is 17.7. The van der Waals surface area contributed by atoms with Crippen LogP contribution in [0.5, 0.6) is 5.75 Å². The van der Waals surface area contributed by atoms with E-state index in [1.54, 1.807) is 25.2 Å². The van der Waals surface area contributed by atoms with E-state index in [1.165, 1.54) is 4.90 Å². The number of phenolic OH excluding ortho intramolecular Hbond substituents is 1. The molecular weight excluding hydrogens is 304 g/mol. The lowest BCUT2D eigenvalue weighted by Crippen LogP contribution is -2.32. The number of carbonyl (C=O) groups is 1. The van der Waals surface area contributed by atoms with Crippen molar-refractivity contribution < 1.29 is 14.6 Å². The molecule has 0 saturated carbocycles. The van der Waals surface area contributed by atoms with E-state index in [-0.39, 0.29) is 17.9 Å². The van der Waals surface area contributed by atoms with Crippen LogP contribution in [-0.4, -0.2) is 49.4 Å². The summed E-state index contributed by atoms with van der Waals surface area (Å²) < 4.78 is 5.61. The molecule has 0 aromatic heterocycles. The van der Waals surface area contributed by atoms with Crippen molar-refractivity contribution in [2.24, 2.45) is 0 Å². The van der Waals surface area contributed by atoms with Crippen LogP contribution < -0.4 is 4.90 Å². The standard InChI is InChI=1S/C19H22N2O3/c1-20-11-10-16(13-20)24-19(23)21(2)18-9-4-3-8-17(18)14-6-5-7-15(22)12-14/h3-9,12,16,22H,10-11,13H2,1-2H3/t16-/m1/s1. The predicted molar refractivity (Wildman–Crippen MR) is 94.3 cm³/mol. The number of nitrogens with zero attached hydrogens (tertiary/aromatic N) is 2. The summed E-state index contributed by atoms with van der Waals surface area (Å²) >= 11 is 0. The van der Waals surface area contributed by atoms with E-state index in [2.05, 4.69) is 4.90 Å². The highest BCUT2D eigenvalue weighted by Crippen LogP contribution is 2.32. The topological polar surface area (TPSA) is 53.0 Å². The smallest absolute Gasteiger partial charge is 0.414 e. The van der Waals surface area contributed by atoms with Crippen LogP contribution >= 0.6 is 0 Å². The monoisotopic (exact) mass is 326 g/mol. The van der Waals surface area contributed by atoms with Gasteiger partial charge >= 0.3 is 6.09 Å². The van der Waals surface area contributed by atoms with Gasteiger partial charge in [0.15, 0.2) is 0 Å². The molecule has 1 aliphatic rings. The summed E-state index contributed by atoms with van der Waals surface area (Å²) in [5.41, 5.74) is 2.47. The Kier molecular flexibility index (Phi) is 4.71. The zero-order valence-electron chi connectivity index (χ0n) is 14.0. The minimum absolute atomic E-state index is 0.0575. The summed E-state index contributed by atoms with van der Waals surface area (Å²) in [6, 6.07) is 14.6. The second-order valence-corrected chi connectivity index (χ2v) is 6.18. The van der Waals surface area contributed by atoms with E-state index in [1.807, 2.05) is 37.4 Å². The molecule has 5 heteroatoms. The summed E-state index contributed by atoms with van der Waals surface area (Å²) in [5.74, 6) is 0.196. The first-order valence-electron chi connectivity index (χ1n) is 8.06. The van der Waals surface area contributed by atoms with E-state index >= 15 is 0 Å². The summed E-state index contributed by atoms with van der Waals surface area (Å²) in [4.78, 5) is 16.2. The average molecular weight is 326 g/mol. The van der Waals surface area contributed by atoms with Crippen LogP contribution in [-0.2, 0) is 4.74 Å². The Balaban J connectivity index is 1.82. The second kappa shape index (κ2) is 6.93. The van der Waals surface area contributed by atoms with Gasteiger partial charge in [-0.05, 0) is 37.2 Å². The highest BCUT2D eigenvalue weighted by Gasteiger charge is 2.25. The Morgan fingerprint density at radius 2 is 2.04 bits per heavy atom. The van der Waals surface area contributed by atoms with Crippen molar-refractivity contribution in [1.29, 1.82) is 0 Å². The molecule has 2 aromatic rings. The van der Waals surface area contributed by atoms with Gasteiger partial charge in [-0.3, -0.25) is 4.90 Å². The van der Waals surface area contributed by atoms with Gasteiger partial charge in [-0.25, -0.2) is 4.79 Å². The molecule has 1 amide bonds. The number of phenols is 1. The highest BCUT2D eigenvalue weighted by atomic mass is 16.6. The molecule has 5 nitrogen and oxygen atoms in total. The first kappa shape index (κ1) is 16.3. The second-order valence-electron chi connectivity index (χ2n) is 6.18. The molecule has 2 aromatic carbocycles. The lowest BCUT2D eigenvalue weighted by Gasteiger charge is -2.22. The Morgan fingerprint density at radius 1 is 1.25 bits per heavy atom. The fraction of sp³-hybridized carbons (Fsp3) is 0.316. The van der Waals surface area contributed by atoms with Crippen molar-refractivity contribution in [3.63, 3.8) is 0 Å². The third-order valence-corrected chi connectivity index (χ3v) is 4.31. The van der Waals surface area contributed by atoms with Crippen LogP contribution in [0.25, 0.3) is 11.1 Å². The number of likely N-dealkylation sites (N-methyl/N-ethyl adjacent to an activating group) is 1. The Bertz CT molecular complexity index is 732. The number of anilines is 1. The van der Waals surface area contributed by atoms with Crippen LogP contribution in [0.1, 0.15) is 6.42 Å². The van der Waals surface area contributed by atoms with Crippen molar-refractivity contribution in [3.8, 4) is 16.9 Å². The van der Waals surface area contributed by atoms with Gasteiger partial charge in [-0.1, -0.05) is 30.3 Å². The van der Waals surface area contributed by atoms with Crippen molar-refractivity contribution >= 4 is 11.8 Å². The molecule has 1 saturated heterocycles. The minimum atomic E-state index is -0.358. The number of hydrogen-bond donors (Lipinski definition) is 1. The van der Waals surface area contributed by atoms with E-state index in [9.17, 15) is 9.90 Å². The summed E-state index contributed by atoms with van der Waals surface area (Å²) in [6.45, 7) is 1.72. The highest BCUT2D eigenvalue weighted by molar-refractivity contribution is 5.93. The van der Waals surface area contributed by atoms with E-state index in [0.717, 1.165) is 36.3 Å². The number of hydrogen-bond acceptors (Lipinski definition) is 4. The number of rotatable bonds is 3. The molecule has 24 heavy (non-hydrogen) atoms. The summed E-state index contributed by atoms with van der Waals surface area (Å²) in [6.07, 6.45) is 0.449. The number of benzene rings is 2. The fourth-order valence-electron chi connectivity index (χ4n) is 2.99. The Hall–Kier alpha value is -2.53. The van der Waals surface area contributed by atoms with Crippen LogP contribution in [0.4, 0.5) is 10.5 Å². The average Bonchev–Trinajstić information content (AvgIpc) is 2.99. The molecule has 1 aliphatic heterocycles. The maximum absolute atomic E-state index is 12.5. The lowest BCUT2D eigenvalue weighted by molar-refractivity contribution is 0.110. The zero-order valence-corrected chi connectivity index (χ0v) is 14.0. The molecule has 1 atom stereocenters. The van der Waals surface area contributed by atoms with E-state index in [0.29, 0.717) is 0 Å². The quantitative estimate of drug-likeness (QED) is 0.940. The molecule has 0 bridgehead atoms. The Morgan fingerprint density at radius 3 is 2.75 bits per heavy atom. The van der Waals surface area contributed by atoms with Gasteiger partial charge in [0.1, 0.15) is 11.9 Å². The van der Waals surface area contributed by atoms with Crippen molar-refractivity contribution in [3.05, 3.63) is 48.5 Å². The fourth-order valence-corrected chi connectivity index (χ4v) is 2.99. The number of likely N-dealkylation sites (tertiary alicyclic amines) is 1. The number of carbonyl (C=O) groups excluding carboxylic acids is 1. The van der Waals surface area contributed by atoms with Crippen LogP contribution in [0, 0.1) is 0 Å². The zero-order chi connectivity index (χ0) is 17.1. The van der Waals surface area contributed by atoms with Gasteiger partial charge in [0.05, 0.1) is 5.69 Å². The van der Waals surface area contributed by atoms with E-state index in [4.69, 9.17) is 4.74 Å². The number of amides is 1. The molecule has 1 N–H and O–H groups in total. The van der Waals surface area contributed by atoms with Gasteiger partial charge in [0.25, 0.3) is 0 Å². The van der Waals surface area contributed by atoms with Crippen LogP contribution in [0.2, 0.25) is 0 Å². The number of ether oxygens (including phenoxy) is 1. The summed E-state index contributed by atoms with van der Waals surface area (Å²) in [5, 5.41) is 9.72. The van der Waals surface area contributed by atoms with Crippen molar-refractivity contribution in [2.45, 2.75) is 12.5 Å². The molecule has 1 fully saturated rings. The van der Waals surface area contributed by atoms with E-state index < -0.39 is 0 Å².